The van der Waals surface area contributed by atoms with Crippen LogP contribution in [0.3, 0.4) is 0 Å². The van der Waals surface area contributed by atoms with Gasteiger partial charge >= 0.3 is 6.03 Å². The van der Waals surface area contributed by atoms with Crippen LogP contribution in [-0.2, 0) is 12.0 Å². The number of amidine groups is 1. The molecule has 1 aromatic heterocycles. The van der Waals surface area contributed by atoms with Gasteiger partial charge in [-0.25, -0.2) is 4.79 Å². The van der Waals surface area contributed by atoms with Gasteiger partial charge in [0, 0.05) is 11.4 Å². The second-order valence-electron chi connectivity index (χ2n) is 5.80. The van der Waals surface area contributed by atoms with Crippen molar-refractivity contribution in [3.05, 3.63) is 21.9 Å². The lowest BCUT2D eigenvalue weighted by molar-refractivity contribution is 0.155. The Morgan fingerprint density at radius 3 is 3.16 bits per heavy atom. The summed E-state index contributed by atoms with van der Waals surface area (Å²) in [5.74, 6) is 1.17. The summed E-state index contributed by atoms with van der Waals surface area (Å²) in [7, 11) is 0. The molecule has 5 heteroatoms. The minimum Gasteiger partial charge on any atom is -0.385 e. The van der Waals surface area contributed by atoms with Gasteiger partial charge in [0.2, 0.25) is 0 Å². The third-order valence-corrected chi connectivity index (χ3v) is 5.58. The lowest BCUT2D eigenvalue weighted by atomic mass is 9.78. The molecule has 0 radical (unpaired) electrons. The third kappa shape index (κ3) is 1.51. The van der Waals surface area contributed by atoms with Crippen LogP contribution in [0.4, 0.5) is 4.79 Å². The monoisotopic (exact) mass is 275 g/mol. The summed E-state index contributed by atoms with van der Waals surface area (Å²) in [4.78, 5) is 19.6. The molecule has 3 aliphatic rings. The predicted molar refractivity (Wildman–Crippen MR) is 75.4 cm³/mol. The molecule has 2 amide bonds. The van der Waals surface area contributed by atoms with E-state index in [0.29, 0.717) is 11.8 Å². The average Bonchev–Trinajstić information content (AvgIpc) is 3.03. The number of urea groups is 1. The Bertz CT molecular complexity index is 575. The number of aliphatic imine (C=N–C) groups is 1. The summed E-state index contributed by atoms with van der Waals surface area (Å²) in [6.07, 6.45) is 5.57. The molecule has 1 atom stereocenters. The molecule has 19 heavy (non-hydrogen) atoms. The van der Waals surface area contributed by atoms with Crippen LogP contribution in [0.1, 0.15) is 36.1 Å². The zero-order chi connectivity index (χ0) is 13.0. The average molecular weight is 275 g/mol. The van der Waals surface area contributed by atoms with Crippen molar-refractivity contribution in [2.75, 3.05) is 6.54 Å². The van der Waals surface area contributed by atoms with Gasteiger partial charge in [0.25, 0.3) is 0 Å². The first kappa shape index (κ1) is 11.5. The van der Waals surface area contributed by atoms with E-state index in [9.17, 15) is 4.79 Å². The van der Waals surface area contributed by atoms with E-state index in [1.54, 1.807) is 11.3 Å². The van der Waals surface area contributed by atoms with E-state index in [1.165, 1.54) is 23.3 Å². The van der Waals surface area contributed by atoms with Crippen molar-refractivity contribution >= 4 is 23.2 Å². The number of amides is 2. The molecule has 2 heterocycles. The molecule has 0 saturated heterocycles. The predicted octanol–water partition coefficient (Wildman–Crippen LogP) is 2.48. The van der Waals surface area contributed by atoms with Gasteiger partial charge in [0.15, 0.2) is 0 Å². The molecular formula is C14H17N3OS. The molecule has 1 unspecified atom stereocenters. The minimum absolute atomic E-state index is 0.136. The van der Waals surface area contributed by atoms with Gasteiger partial charge < -0.3 is 10.6 Å². The van der Waals surface area contributed by atoms with Crippen molar-refractivity contribution in [3.8, 4) is 0 Å². The molecule has 4 nitrogen and oxygen atoms in total. The second kappa shape index (κ2) is 3.82. The number of carbonyl (C=O) groups is 1. The van der Waals surface area contributed by atoms with Gasteiger partial charge in [-0.05, 0) is 55.0 Å². The number of rotatable bonds is 2. The number of carbonyl (C=O) groups excluding carboxylic acids is 1. The van der Waals surface area contributed by atoms with E-state index in [0.717, 1.165) is 25.8 Å². The van der Waals surface area contributed by atoms with Crippen LogP contribution in [0.25, 0.3) is 0 Å². The fourth-order valence-electron chi connectivity index (χ4n) is 3.44. The van der Waals surface area contributed by atoms with Crippen LogP contribution in [0.15, 0.2) is 16.4 Å². The van der Waals surface area contributed by atoms with Crippen molar-refractivity contribution in [1.29, 1.82) is 0 Å². The number of hydrogen-bond donors (Lipinski definition) is 1. The normalized spacial score (nSPS) is 29.8. The summed E-state index contributed by atoms with van der Waals surface area (Å²) in [6.45, 7) is 0.818. The maximum absolute atomic E-state index is 12.2. The molecule has 1 aliphatic heterocycles. The fourth-order valence-corrected chi connectivity index (χ4v) is 4.43. The molecular weight excluding hydrogens is 258 g/mol. The first-order valence-electron chi connectivity index (χ1n) is 6.95. The van der Waals surface area contributed by atoms with Crippen molar-refractivity contribution in [3.63, 3.8) is 0 Å². The maximum Gasteiger partial charge on any atom is 0.346 e. The van der Waals surface area contributed by atoms with Crippen LogP contribution in [0.5, 0.6) is 0 Å². The lowest BCUT2D eigenvalue weighted by Crippen LogP contribution is -2.53. The number of aryl methyl sites for hydroxylation is 1. The Hall–Kier alpha value is -1.36. The fraction of sp³-hybridized carbons (Fsp3) is 0.571. The first-order chi connectivity index (χ1) is 9.22. The first-order valence-corrected chi connectivity index (χ1v) is 7.83. The van der Waals surface area contributed by atoms with E-state index in [1.807, 2.05) is 4.90 Å². The molecule has 2 N–H and O–H groups in total. The minimum atomic E-state index is -0.423. The van der Waals surface area contributed by atoms with Gasteiger partial charge in [-0.3, -0.25) is 0 Å². The SMILES string of the molecule is NC1=NC(=O)N(CC2CC2)C12CCCc1sccc12. The molecule has 4 rings (SSSR count). The van der Waals surface area contributed by atoms with Crippen molar-refractivity contribution in [2.24, 2.45) is 16.6 Å². The van der Waals surface area contributed by atoms with Gasteiger partial charge in [0.05, 0.1) is 0 Å². The molecule has 1 spiro atoms. The van der Waals surface area contributed by atoms with Gasteiger partial charge in [-0.1, -0.05) is 0 Å². The van der Waals surface area contributed by atoms with Crippen molar-refractivity contribution < 1.29 is 4.79 Å². The molecule has 1 aromatic rings. The van der Waals surface area contributed by atoms with Crippen molar-refractivity contribution in [2.45, 2.75) is 37.6 Å². The third-order valence-electron chi connectivity index (χ3n) is 4.60. The zero-order valence-corrected chi connectivity index (χ0v) is 11.6. The summed E-state index contributed by atoms with van der Waals surface area (Å²) >= 11 is 1.78. The molecule has 1 fully saturated rings. The molecule has 2 aliphatic carbocycles. The highest BCUT2D eigenvalue weighted by Gasteiger charge is 2.53. The van der Waals surface area contributed by atoms with Crippen LogP contribution in [0, 0.1) is 5.92 Å². The summed E-state index contributed by atoms with van der Waals surface area (Å²) in [6, 6.07) is 2.00. The molecule has 100 valence electrons. The number of fused-ring (bicyclic) bond motifs is 2. The molecule has 1 saturated carbocycles. The van der Waals surface area contributed by atoms with E-state index in [-0.39, 0.29) is 6.03 Å². The standard InChI is InChI=1S/C14H17N3OS/c15-12-14(6-1-2-11-10(14)5-7-19-11)17(13(18)16-12)8-9-3-4-9/h5,7,9H,1-4,6,8H2,(H2,15,16,18). The van der Waals surface area contributed by atoms with Crippen LogP contribution >= 0.6 is 11.3 Å². The zero-order valence-electron chi connectivity index (χ0n) is 10.8. The Morgan fingerprint density at radius 1 is 1.53 bits per heavy atom. The largest absolute Gasteiger partial charge is 0.385 e. The molecule has 0 aromatic carbocycles. The van der Waals surface area contributed by atoms with Gasteiger partial charge in [-0.2, -0.15) is 4.99 Å². The smallest absolute Gasteiger partial charge is 0.346 e. The highest BCUT2D eigenvalue weighted by molar-refractivity contribution is 7.10. The number of nitrogens with two attached hydrogens (primary N) is 1. The highest BCUT2D eigenvalue weighted by Crippen LogP contribution is 2.47. The quantitative estimate of drug-likeness (QED) is 0.901. The maximum atomic E-state index is 12.2. The van der Waals surface area contributed by atoms with Crippen LogP contribution < -0.4 is 5.73 Å². The summed E-state index contributed by atoms with van der Waals surface area (Å²) in [5, 5.41) is 2.11. The van der Waals surface area contributed by atoms with Crippen LogP contribution in [0.2, 0.25) is 0 Å². The van der Waals surface area contributed by atoms with E-state index < -0.39 is 5.54 Å². The Labute approximate surface area is 116 Å². The topological polar surface area (TPSA) is 58.7 Å². The van der Waals surface area contributed by atoms with E-state index in [4.69, 9.17) is 5.73 Å². The number of thiophene rings is 1. The summed E-state index contributed by atoms with van der Waals surface area (Å²) in [5.41, 5.74) is 7.00. The van der Waals surface area contributed by atoms with E-state index >= 15 is 0 Å². The second-order valence-corrected chi connectivity index (χ2v) is 6.81. The Balaban J connectivity index is 1.82. The lowest BCUT2D eigenvalue weighted by Gasteiger charge is -2.41. The number of hydrogen-bond acceptors (Lipinski definition) is 3. The van der Waals surface area contributed by atoms with Crippen LogP contribution in [-0.4, -0.2) is 23.3 Å². The van der Waals surface area contributed by atoms with Gasteiger partial charge in [-0.15, -0.1) is 11.3 Å². The molecule has 0 bridgehead atoms. The Morgan fingerprint density at radius 2 is 2.37 bits per heavy atom. The van der Waals surface area contributed by atoms with E-state index in [2.05, 4.69) is 16.4 Å². The summed E-state index contributed by atoms with van der Waals surface area (Å²) < 4.78 is 0. The van der Waals surface area contributed by atoms with Crippen molar-refractivity contribution in [1.82, 2.24) is 4.90 Å². The van der Waals surface area contributed by atoms with Gasteiger partial charge in [0.1, 0.15) is 11.4 Å². The Kier molecular flexibility index (Phi) is 2.31. The number of nitrogens with zero attached hydrogens (tertiary/aromatic N) is 2. The highest BCUT2D eigenvalue weighted by atomic mass is 32.1.